The van der Waals surface area contributed by atoms with Crippen molar-refractivity contribution < 1.29 is 18.7 Å². The van der Waals surface area contributed by atoms with E-state index in [1.807, 2.05) is 12.1 Å². The molecule has 0 saturated heterocycles. The summed E-state index contributed by atoms with van der Waals surface area (Å²) < 4.78 is 25.1. The summed E-state index contributed by atoms with van der Waals surface area (Å²) in [7, 11) is 1.55. The molecule has 0 unspecified atom stereocenters. The van der Waals surface area contributed by atoms with Crippen LogP contribution >= 0.6 is 0 Å². The van der Waals surface area contributed by atoms with Gasteiger partial charge in [-0.05, 0) is 24.3 Å². The average Bonchev–Trinajstić information content (AvgIpc) is 2.67. The lowest BCUT2D eigenvalue weighted by molar-refractivity contribution is -0.121. The van der Waals surface area contributed by atoms with Crippen LogP contribution in [0.25, 0.3) is 10.9 Å². The average molecular weight is 371 g/mol. The number of aromatic nitrogens is 2. The van der Waals surface area contributed by atoms with Crippen molar-refractivity contribution in [3.63, 3.8) is 0 Å². The molecule has 8 heteroatoms. The second-order valence-electron chi connectivity index (χ2n) is 5.69. The Kier molecular flexibility index (Phi) is 5.65. The molecule has 0 saturated carbocycles. The molecule has 0 aliphatic carbocycles. The Hall–Kier alpha value is -3.42. The van der Waals surface area contributed by atoms with Crippen molar-refractivity contribution in [3.05, 3.63) is 65.0 Å². The van der Waals surface area contributed by atoms with E-state index in [0.717, 1.165) is 0 Å². The predicted octanol–water partition coefficient (Wildman–Crippen LogP) is 1.74. The number of benzene rings is 2. The molecular weight excluding hydrogens is 353 g/mol. The second-order valence-corrected chi connectivity index (χ2v) is 5.69. The van der Waals surface area contributed by atoms with Gasteiger partial charge in [0, 0.05) is 6.07 Å². The Bertz CT molecular complexity index is 1020. The molecule has 0 atom stereocenters. The van der Waals surface area contributed by atoms with Crippen molar-refractivity contribution >= 4 is 16.8 Å². The number of hydrogen-bond acceptors (Lipinski definition) is 5. The maximum Gasteiger partial charge on any atom is 0.261 e. The maximum atomic E-state index is 13.2. The van der Waals surface area contributed by atoms with Gasteiger partial charge < -0.3 is 14.8 Å². The number of nitrogens with zero attached hydrogens (tertiary/aromatic N) is 2. The van der Waals surface area contributed by atoms with E-state index in [1.54, 1.807) is 19.2 Å². The first-order valence-electron chi connectivity index (χ1n) is 8.25. The standard InChI is InChI=1S/C19H18FN3O4/c1-26-16-4-2-3-5-17(16)27-9-8-21-18(24)11-23-12-22-15-10-13(20)6-7-14(15)19(23)25/h2-7,10,12H,8-9,11H2,1H3,(H,21,24). The van der Waals surface area contributed by atoms with Gasteiger partial charge in [0.15, 0.2) is 11.5 Å². The molecule has 1 aromatic heterocycles. The van der Waals surface area contributed by atoms with E-state index in [1.165, 1.54) is 29.1 Å². The van der Waals surface area contributed by atoms with Gasteiger partial charge in [-0.25, -0.2) is 9.37 Å². The Morgan fingerprint density at radius 1 is 1.22 bits per heavy atom. The highest BCUT2D eigenvalue weighted by molar-refractivity contribution is 5.78. The Morgan fingerprint density at radius 3 is 2.78 bits per heavy atom. The van der Waals surface area contributed by atoms with Crippen molar-refractivity contribution in [1.29, 1.82) is 0 Å². The number of rotatable bonds is 7. The van der Waals surface area contributed by atoms with Gasteiger partial charge in [-0.2, -0.15) is 0 Å². The van der Waals surface area contributed by atoms with Gasteiger partial charge in [-0.3, -0.25) is 14.2 Å². The van der Waals surface area contributed by atoms with Crippen LogP contribution in [0.15, 0.2) is 53.6 Å². The molecular formula is C19H18FN3O4. The molecule has 140 valence electrons. The molecule has 27 heavy (non-hydrogen) atoms. The zero-order valence-corrected chi connectivity index (χ0v) is 14.6. The largest absolute Gasteiger partial charge is 0.493 e. The van der Waals surface area contributed by atoms with Crippen LogP contribution in [-0.2, 0) is 11.3 Å². The monoisotopic (exact) mass is 371 g/mol. The quantitative estimate of drug-likeness (QED) is 0.640. The Labute approximate surface area is 154 Å². The molecule has 1 heterocycles. The number of carbonyl (C=O) groups excluding carboxylic acids is 1. The molecule has 7 nitrogen and oxygen atoms in total. The SMILES string of the molecule is COc1ccccc1OCCNC(=O)Cn1cnc2cc(F)ccc2c1=O. The van der Waals surface area contributed by atoms with Crippen LogP contribution in [0.1, 0.15) is 0 Å². The molecule has 0 fully saturated rings. The van der Waals surface area contributed by atoms with Gasteiger partial charge in [0.05, 0.1) is 30.9 Å². The summed E-state index contributed by atoms with van der Waals surface area (Å²) in [5, 5.41) is 2.93. The molecule has 1 amide bonds. The van der Waals surface area contributed by atoms with Gasteiger partial charge in [0.25, 0.3) is 5.56 Å². The predicted molar refractivity (Wildman–Crippen MR) is 97.5 cm³/mol. The van der Waals surface area contributed by atoms with E-state index in [9.17, 15) is 14.0 Å². The molecule has 3 rings (SSSR count). The normalized spacial score (nSPS) is 10.6. The zero-order chi connectivity index (χ0) is 19.2. The highest BCUT2D eigenvalue weighted by Crippen LogP contribution is 2.25. The molecule has 0 aliphatic heterocycles. The van der Waals surface area contributed by atoms with Crippen LogP contribution in [0.4, 0.5) is 4.39 Å². The molecule has 0 aliphatic rings. The summed E-state index contributed by atoms with van der Waals surface area (Å²) in [5.41, 5.74) is -0.151. The van der Waals surface area contributed by atoms with Crippen molar-refractivity contribution in [3.8, 4) is 11.5 Å². The van der Waals surface area contributed by atoms with Crippen molar-refractivity contribution in [2.75, 3.05) is 20.3 Å². The summed E-state index contributed by atoms with van der Waals surface area (Å²) in [6.07, 6.45) is 1.23. The molecule has 2 aromatic carbocycles. The van der Waals surface area contributed by atoms with Gasteiger partial charge in [-0.1, -0.05) is 12.1 Å². The highest BCUT2D eigenvalue weighted by Gasteiger charge is 2.09. The highest BCUT2D eigenvalue weighted by atomic mass is 19.1. The van der Waals surface area contributed by atoms with Gasteiger partial charge in [0.2, 0.25) is 5.91 Å². The number of halogens is 1. The molecule has 0 radical (unpaired) electrons. The van der Waals surface area contributed by atoms with Gasteiger partial charge >= 0.3 is 0 Å². The fourth-order valence-electron chi connectivity index (χ4n) is 2.54. The minimum absolute atomic E-state index is 0.187. The van der Waals surface area contributed by atoms with E-state index in [0.29, 0.717) is 11.5 Å². The van der Waals surface area contributed by atoms with E-state index >= 15 is 0 Å². The third kappa shape index (κ3) is 4.41. The summed E-state index contributed by atoms with van der Waals surface area (Å²) in [6.45, 7) is 0.321. The summed E-state index contributed by atoms with van der Waals surface area (Å²) >= 11 is 0. The number of nitrogens with one attached hydrogen (secondary N) is 1. The number of hydrogen-bond donors (Lipinski definition) is 1. The minimum Gasteiger partial charge on any atom is -0.493 e. The number of amides is 1. The third-order valence-electron chi connectivity index (χ3n) is 3.85. The number of methoxy groups -OCH3 is 1. The van der Waals surface area contributed by atoms with Crippen LogP contribution in [0.2, 0.25) is 0 Å². The molecule has 0 bridgehead atoms. The Morgan fingerprint density at radius 2 is 2.00 bits per heavy atom. The minimum atomic E-state index is -0.472. The first-order chi connectivity index (χ1) is 13.1. The van der Waals surface area contributed by atoms with Crippen molar-refractivity contribution in [2.45, 2.75) is 6.54 Å². The van der Waals surface area contributed by atoms with Crippen LogP contribution < -0.4 is 20.3 Å². The van der Waals surface area contributed by atoms with Crippen LogP contribution in [0.5, 0.6) is 11.5 Å². The lowest BCUT2D eigenvalue weighted by Gasteiger charge is -2.11. The van der Waals surface area contributed by atoms with E-state index in [-0.39, 0.29) is 36.5 Å². The second kappa shape index (κ2) is 8.31. The smallest absolute Gasteiger partial charge is 0.261 e. The number of para-hydroxylation sites is 2. The fraction of sp³-hybridized carbons (Fsp3) is 0.211. The molecule has 3 aromatic rings. The number of fused-ring (bicyclic) bond motifs is 1. The lowest BCUT2D eigenvalue weighted by atomic mass is 10.2. The topological polar surface area (TPSA) is 82.4 Å². The van der Waals surface area contributed by atoms with Crippen LogP contribution in [0, 0.1) is 5.82 Å². The van der Waals surface area contributed by atoms with E-state index < -0.39 is 11.4 Å². The first-order valence-corrected chi connectivity index (χ1v) is 8.25. The van der Waals surface area contributed by atoms with Gasteiger partial charge in [-0.15, -0.1) is 0 Å². The third-order valence-corrected chi connectivity index (χ3v) is 3.85. The maximum absolute atomic E-state index is 13.2. The van der Waals surface area contributed by atoms with Gasteiger partial charge in [0.1, 0.15) is 19.0 Å². The summed E-state index contributed by atoms with van der Waals surface area (Å²) in [5.74, 6) is 0.356. The fourth-order valence-corrected chi connectivity index (χ4v) is 2.54. The zero-order valence-electron chi connectivity index (χ0n) is 14.6. The lowest BCUT2D eigenvalue weighted by Crippen LogP contribution is -2.34. The summed E-state index contributed by atoms with van der Waals surface area (Å²) in [6, 6.07) is 10.9. The summed E-state index contributed by atoms with van der Waals surface area (Å²) in [4.78, 5) is 28.4. The van der Waals surface area contributed by atoms with E-state index in [2.05, 4.69) is 10.3 Å². The van der Waals surface area contributed by atoms with Crippen LogP contribution in [-0.4, -0.2) is 35.7 Å². The number of ether oxygens (including phenoxy) is 2. The Balaban J connectivity index is 1.55. The van der Waals surface area contributed by atoms with E-state index in [4.69, 9.17) is 9.47 Å². The van der Waals surface area contributed by atoms with Crippen LogP contribution in [0.3, 0.4) is 0 Å². The molecule has 0 spiro atoms. The van der Waals surface area contributed by atoms with Crippen molar-refractivity contribution in [1.82, 2.24) is 14.9 Å². The first kappa shape index (κ1) is 18.4. The molecule has 1 N–H and O–H groups in total. The number of carbonyl (C=O) groups is 1. The van der Waals surface area contributed by atoms with Crippen molar-refractivity contribution in [2.24, 2.45) is 0 Å².